The third-order valence-electron chi connectivity index (χ3n) is 3.05. The highest BCUT2D eigenvalue weighted by Gasteiger charge is 2.15. The van der Waals surface area contributed by atoms with Crippen LogP contribution >= 0.6 is 15.9 Å². The SMILES string of the molecule is CC(C)(C)c1ccc(C(=O)Nc2ncc(F)cc2Br)cc1. The van der Waals surface area contributed by atoms with E-state index in [0.717, 1.165) is 11.8 Å². The molecule has 0 saturated heterocycles. The third-order valence-corrected chi connectivity index (χ3v) is 3.66. The van der Waals surface area contributed by atoms with Crippen LogP contribution in [0.2, 0.25) is 0 Å². The fourth-order valence-electron chi connectivity index (χ4n) is 1.81. The average Bonchev–Trinajstić information content (AvgIpc) is 2.41. The van der Waals surface area contributed by atoms with E-state index < -0.39 is 5.82 Å². The molecular formula is C16H16BrFN2O. The first-order valence-electron chi connectivity index (χ1n) is 6.50. The number of nitrogens with zero attached hydrogens (tertiary/aromatic N) is 1. The van der Waals surface area contributed by atoms with Crippen molar-refractivity contribution in [3.8, 4) is 0 Å². The van der Waals surface area contributed by atoms with E-state index in [1.807, 2.05) is 12.1 Å². The van der Waals surface area contributed by atoms with Gasteiger partial charge in [0, 0.05) is 5.56 Å². The molecule has 0 atom stereocenters. The highest BCUT2D eigenvalue weighted by Crippen LogP contribution is 2.23. The number of amides is 1. The van der Waals surface area contributed by atoms with E-state index in [2.05, 4.69) is 47.0 Å². The molecule has 2 rings (SSSR count). The Morgan fingerprint density at radius 2 is 1.86 bits per heavy atom. The lowest BCUT2D eigenvalue weighted by molar-refractivity contribution is 0.102. The molecule has 0 radical (unpaired) electrons. The summed E-state index contributed by atoms with van der Waals surface area (Å²) >= 11 is 3.17. The first-order chi connectivity index (χ1) is 9.77. The molecule has 0 spiro atoms. The van der Waals surface area contributed by atoms with Crippen LogP contribution in [-0.2, 0) is 5.41 Å². The Hall–Kier alpha value is -1.75. The molecule has 21 heavy (non-hydrogen) atoms. The normalized spacial score (nSPS) is 11.3. The molecule has 1 heterocycles. The van der Waals surface area contributed by atoms with Crippen LogP contribution in [0.3, 0.4) is 0 Å². The topological polar surface area (TPSA) is 42.0 Å². The summed E-state index contributed by atoms with van der Waals surface area (Å²) in [6, 6.07) is 8.66. The van der Waals surface area contributed by atoms with E-state index in [1.165, 1.54) is 6.07 Å². The predicted octanol–water partition coefficient (Wildman–Crippen LogP) is 4.53. The zero-order valence-electron chi connectivity index (χ0n) is 12.1. The molecule has 0 bridgehead atoms. The minimum absolute atomic E-state index is 0.0382. The van der Waals surface area contributed by atoms with E-state index in [-0.39, 0.29) is 11.3 Å². The fraction of sp³-hybridized carbons (Fsp3) is 0.250. The first kappa shape index (κ1) is 15.6. The summed E-state index contributed by atoms with van der Waals surface area (Å²) in [6.07, 6.45) is 1.06. The van der Waals surface area contributed by atoms with Crippen LogP contribution in [0.15, 0.2) is 41.0 Å². The maximum atomic E-state index is 13.0. The first-order valence-corrected chi connectivity index (χ1v) is 7.29. The maximum absolute atomic E-state index is 13.0. The van der Waals surface area contributed by atoms with Gasteiger partial charge in [-0.2, -0.15) is 0 Å². The van der Waals surface area contributed by atoms with Gasteiger partial charge in [0.15, 0.2) is 0 Å². The molecule has 0 aliphatic heterocycles. The quantitative estimate of drug-likeness (QED) is 0.864. The number of rotatable bonds is 2. The van der Waals surface area contributed by atoms with Crippen molar-refractivity contribution in [1.82, 2.24) is 4.98 Å². The zero-order valence-corrected chi connectivity index (χ0v) is 13.7. The molecule has 0 fully saturated rings. The monoisotopic (exact) mass is 350 g/mol. The highest BCUT2D eigenvalue weighted by atomic mass is 79.9. The van der Waals surface area contributed by atoms with Gasteiger partial charge >= 0.3 is 0 Å². The van der Waals surface area contributed by atoms with Gasteiger partial charge in [-0.1, -0.05) is 32.9 Å². The van der Waals surface area contributed by atoms with Gasteiger partial charge in [-0.15, -0.1) is 0 Å². The standard InChI is InChI=1S/C16H16BrFN2O/c1-16(2,3)11-6-4-10(5-7-11)15(21)20-14-13(17)8-12(18)9-19-14/h4-9H,1-3H3,(H,19,20,21). The fourth-order valence-corrected chi connectivity index (χ4v) is 2.23. The summed E-state index contributed by atoms with van der Waals surface area (Å²) in [4.78, 5) is 16.0. The molecule has 1 N–H and O–H groups in total. The molecule has 1 aromatic carbocycles. The van der Waals surface area contributed by atoms with Crippen molar-refractivity contribution >= 4 is 27.7 Å². The molecule has 1 amide bonds. The van der Waals surface area contributed by atoms with Gasteiger partial charge in [0.05, 0.1) is 10.7 Å². The molecule has 5 heteroatoms. The lowest BCUT2D eigenvalue weighted by Crippen LogP contribution is -2.15. The van der Waals surface area contributed by atoms with Gasteiger partial charge in [0.1, 0.15) is 11.6 Å². The third kappa shape index (κ3) is 3.88. The van der Waals surface area contributed by atoms with Gasteiger partial charge in [0.2, 0.25) is 0 Å². The van der Waals surface area contributed by atoms with Gasteiger partial charge in [-0.25, -0.2) is 9.37 Å². The summed E-state index contributed by atoms with van der Waals surface area (Å²) in [5, 5.41) is 2.65. The number of anilines is 1. The van der Waals surface area contributed by atoms with Crippen molar-refractivity contribution in [3.63, 3.8) is 0 Å². The Bertz CT molecular complexity index is 663. The number of benzene rings is 1. The number of carbonyl (C=O) groups is 1. The molecule has 0 aliphatic rings. The smallest absolute Gasteiger partial charge is 0.256 e. The minimum atomic E-state index is -0.464. The van der Waals surface area contributed by atoms with Gasteiger partial charge in [-0.05, 0) is 45.1 Å². The second-order valence-corrected chi connectivity index (χ2v) is 6.62. The second kappa shape index (κ2) is 5.93. The van der Waals surface area contributed by atoms with E-state index in [0.29, 0.717) is 15.9 Å². The van der Waals surface area contributed by atoms with E-state index in [9.17, 15) is 9.18 Å². The number of pyridine rings is 1. The van der Waals surface area contributed by atoms with Gasteiger partial charge < -0.3 is 5.32 Å². The minimum Gasteiger partial charge on any atom is -0.306 e. The summed E-state index contributed by atoms with van der Waals surface area (Å²) in [6.45, 7) is 6.34. The van der Waals surface area contributed by atoms with Gasteiger partial charge in [-0.3, -0.25) is 4.79 Å². The van der Waals surface area contributed by atoms with Crippen LogP contribution in [0.1, 0.15) is 36.7 Å². The number of halogens is 2. The van der Waals surface area contributed by atoms with Crippen LogP contribution in [0.4, 0.5) is 10.2 Å². The summed E-state index contributed by atoms with van der Waals surface area (Å²) in [7, 11) is 0. The molecule has 0 unspecified atom stereocenters. The number of aromatic nitrogens is 1. The van der Waals surface area contributed by atoms with Crippen LogP contribution in [0, 0.1) is 5.82 Å². The molecule has 0 saturated carbocycles. The molecule has 0 aliphatic carbocycles. The Balaban J connectivity index is 2.17. The van der Waals surface area contributed by atoms with E-state index >= 15 is 0 Å². The van der Waals surface area contributed by atoms with Crippen molar-refractivity contribution in [1.29, 1.82) is 0 Å². The van der Waals surface area contributed by atoms with Crippen LogP contribution in [0.25, 0.3) is 0 Å². The molecule has 3 nitrogen and oxygen atoms in total. The number of hydrogen-bond donors (Lipinski definition) is 1. The highest BCUT2D eigenvalue weighted by molar-refractivity contribution is 9.10. The Kier molecular flexibility index (Phi) is 4.42. The van der Waals surface area contributed by atoms with Crippen molar-refractivity contribution in [2.24, 2.45) is 0 Å². The molecule has 2 aromatic rings. The van der Waals surface area contributed by atoms with Crippen molar-refractivity contribution in [2.45, 2.75) is 26.2 Å². The van der Waals surface area contributed by atoms with E-state index in [1.54, 1.807) is 12.1 Å². The predicted molar refractivity (Wildman–Crippen MR) is 85.0 cm³/mol. The van der Waals surface area contributed by atoms with Crippen LogP contribution < -0.4 is 5.32 Å². The molecule has 110 valence electrons. The maximum Gasteiger partial charge on any atom is 0.256 e. The Labute approximate surface area is 131 Å². The van der Waals surface area contributed by atoms with Crippen LogP contribution in [-0.4, -0.2) is 10.9 Å². The summed E-state index contributed by atoms with van der Waals surface area (Å²) in [5.41, 5.74) is 1.72. The van der Waals surface area contributed by atoms with Crippen molar-refractivity contribution < 1.29 is 9.18 Å². The molecular weight excluding hydrogens is 335 g/mol. The lowest BCUT2D eigenvalue weighted by atomic mass is 9.87. The van der Waals surface area contributed by atoms with Crippen LogP contribution in [0.5, 0.6) is 0 Å². The number of hydrogen-bond acceptors (Lipinski definition) is 2. The Morgan fingerprint density at radius 3 is 2.38 bits per heavy atom. The van der Waals surface area contributed by atoms with Crippen molar-refractivity contribution in [3.05, 3.63) is 57.9 Å². The summed E-state index contributed by atoms with van der Waals surface area (Å²) in [5.74, 6) is -0.453. The van der Waals surface area contributed by atoms with Gasteiger partial charge in [0.25, 0.3) is 5.91 Å². The number of nitrogens with one attached hydrogen (secondary N) is 1. The second-order valence-electron chi connectivity index (χ2n) is 5.77. The van der Waals surface area contributed by atoms with Crippen molar-refractivity contribution in [2.75, 3.05) is 5.32 Å². The number of carbonyl (C=O) groups excluding carboxylic acids is 1. The van der Waals surface area contributed by atoms with E-state index in [4.69, 9.17) is 0 Å². The Morgan fingerprint density at radius 1 is 1.24 bits per heavy atom. The lowest BCUT2D eigenvalue weighted by Gasteiger charge is -2.19. The largest absolute Gasteiger partial charge is 0.306 e. The average molecular weight is 351 g/mol. The zero-order chi connectivity index (χ0) is 15.6. The summed E-state index contributed by atoms with van der Waals surface area (Å²) < 4.78 is 13.4. The molecule has 1 aromatic heterocycles.